The molecule has 102 valence electrons. The highest BCUT2D eigenvalue weighted by molar-refractivity contribution is 5.86. The van der Waals surface area contributed by atoms with Crippen molar-refractivity contribution < 1.29 is 14.7 Å². The zero-order valence-electron chi connectivity index (χ0n) is 11.1. The van der Waals surface area contributed by atoms with Gasteiger partial charge in [-0.15, -0.1) is 0 Å². The third kappa shape index (κ3) is 4.14. The number of carboxylic acid groups (broad SMARTS) is 1. The number of hydrogen-bond donors (Lipinski definition) is 2. The van der Waals surface area contributed by atoms with Gasteiger partial charge in [0.05, 0.1) is 6.04 Å². The Balaban J connectivity index is 2.38. The van der Waals surface area contributed by atoms with Crippen LogP contribution in [-0.4, -0.2) is 47.6 Å². The summed E-state index contributed by atoms with van der Waals surface area (Å²) in [5.41, 5.74) is 0.378. The van der Waals surface area contributed by atoms with Crippen LogP contribution < -0.4 is 5.32 Å². The highest BCUT2D eigenvalue weighted by Gasteiger charge is 2.22. The lowest BCUT2D eigenvalue weighted by molar-refractivity contribution is -0.133. The van der Waals surface area contributed by atoms with E-state index in [0.29, 0.717) is 18.5 Å². The number of carbonyl (C=O) groups is 2. The zero-order chi connectivity index (χ0) is 13.5. The highest BCUT2D eigenvalue weighted by Crippen LogP contribution is 2.09. The molecule has 0 aromatic rings. The van der Waals surface area contributed by atoms with E-state index in [-0.39, 0.29) is 11.9 Å². The third-order valence-corrected chi connectivity index (χ3v) is 3.22. The van der Waals surface area contributed by atoms with Gasteiger partial charge in [-0.2, -0.15) is 0 Å². The number of hydrogen-bond acceptors (Lipinski definition) is 3. The molecule has 5 nitrogen and oxygen atoms in total. The number of likely N-dealkylation sites (tertiary alicyclic amines) is 1. The maximum Gasteiger partial charge on any atom is 0.331 e. The van der Waals surface area contributed by atoms with Crippen molar-refractivity contribution in [2.45, 2.75) is 39.2 Å². The summed E-state index contributed by atoms with van der Waals surface area (Å²) in [4.78, 5) is 24.6. The molecule has 0 radical (unpaired) electrons. The molecule has 2 N–H and O–H groups in total. The van der Waals surface area contributed by atoms with Crippen molar-refractivity contribution in [3.63, 3.8) is 0 Å². The first-order valence-corrected chi connectivity index (χ1v) is 6.50. The van der Waals surface area contributed by atoms with Crippen LogP contribution in [0.15, 0.2) is 11.6 Å². The monoisotopic (exact) mass is 254 g/mol. The quantitative estimate of drug-likeness (QED) is 0.694. The van der Waals surface area contributed by atoms with Crippen LogP contribution >= 0.6 is 0 Å². The van der Waals surface area contributed by atoms with Gasteiger partial charge in [0.2, 0.25) is 5.91 Å². The minimum atomic E-state index is -0.891. The van der Waals surface area contributed by atoms with Crippen LogP contribution in [0.25, 0.3) is 0 Å². The fourth-order valence-corrected chi connectivity index (χ4v) is 2.04. The summed E-state index contributed by atoms with van der Waals surface area (Å²) in [5, 5.41) is 11.9. The summed E-state index contributed by atoms with van der Waals surface area (Å²) < 4.78 is 0. The van der Waals surface area contributed by atoms with Gasteiger partial charge in [0.15, 0.2) is 0 Å². The molecule has 1 atom stereocenters. The molecule has 1 unspecified atom stereocenters. The predicted octanol–water partition coefficient (Wildman–Crippen LogP) is 1.01. The first-order valence-electron chi connectivity index (χ1n) is 6.50. The Hall–Kier alpha value is -1.36. The zero-order valence-corrected chi connectivity index (χ0v) is 11.1. The standard InChI is InChI=1S/C13H22N2O3/c1-3-11(13(17)18)6-7-14-10(2)12(16)15-8-4-5-9-15/h6,10,14H,3-5,7-9H2,1-2H3,(H,17,18). The van der Waals surface area contributed by atoms with Crippen molar-refractivity contribution in [2.75, 3.05) is 19.6 Å². The van der Waals surface area contributed by atoms with Gasteiger partial charge in [-0.05, 0) is 26.2 Å². The van der Waals surface area contributed by atoms with E-state index >= 15 is 0 Å². The number of carboxylic acids is 1. The molecule has 1 aliphatic rings. The summed E-state index contributed by atoms with van der Waals surface area (Å²) in [6.45, 7) is 5.72. The van der Waals surface area contributed by atoms with Crippen molar-refractivity contribution >= 4 is 11.9 Å². The molecule has 5 heteroatoms. The molecule has 1 heterocycles. The molecule has 1 aliphatic heterocycles. The van der Waals surface area contributed by atoms with Gasteiger partial charge in [-0.25, -0.2) is 4.79 Å². The Bertz CT molecular complexity index is 333. The normalized spacial score (nSPS) is 17.9. The maximum absolute atomic E-state index is 12.0. The van der Waals surface area contributed by atoms with Gasteiger partial charge in [-0.3, -0.25) is 4.79 Å². The summed E-state index contributed by atoms with van der Waals surface area (Å²) in [5.74, 6) is -0.785. The van der Waals surface area contributed by atoms with Crippen molar-refractivity contribution in [3.05, 3.63) is 11.6 Å². The lowest BCUT2D eigenvalue weighted by Gasteiger charge is -2.20. The smallest absolute Gasteiger partial charge is 0.331 e. The van der Waals surface area contributed by atoms with Gasteiger partial charge in [0.25, 0.3) is 0 Å². The van der Waals surface area contributed by atoms with Crippen LogP contribution in [0.5, 0.6) is 0 Å². The molecule has 0 aromatic heterocycles. The maximum atomic E-state index is 12.0. The number of rotatable bonds is 6. The minimum absolute atomic E-state index is 0.106. The topological polar surface area (TPSA) is 69.6 Å². The van der Waals surface area contributed by atoms with E-state index in [4.69, 9.17) is 5.11 Å². The Morgan fingerprint density at radius 1 is 1.39 bits per heavy atom. The van der Waals surface area contributed by atoms with E-state index in [2.05, 4.69) is 5.32 Å². The number of carbonyl (C=O) groups excluding carboxylic acids is 1. The van der Waals surface area contributed by atoms with E-state index in [1.807, 2.05) is 11.8 Å². The van der Waals surface area contributed by atoms with Crippen LogP contribution in [0.1, 0.15) is 33.1 Å². The summed E-state index contributed by atoms with van der Waals surface area (Å²) >= 11 is 0. The van der Waals surface area contributed by atoms with Crippen molar-refractivity contribution in [1.82, 2.24) is 10.2 Å². The molecule has 0 aromatic carbocycles. The van der Waals surface area contributed by atoms with Crippen molar-refractivity contribution in [1.29, 1.82) is 0 Å². The molecular weight excluding hydrogens is 232 g/mol. The average Bonchev–Trinajstić information content (AvgIpc) is 2.86. The van der Waals surface area contributed by atoms with Gasteiger partial charge in [0.1, 0.15) is 0 Å². The number of aliphatic carboxylic acids is 1. The molecule has 0 saturated carbocycles. The Kier molecular flexibility index (Phi) is 5.85. The van der Waals surface area contributed by atoms with Crippen LogP contribution in [0.4, 0.5) is 0 Å². The lowest BCUT2D eigenvalue weighted by atomic mass is 10.2. The second-order valence-electron chi connectivity index (χ2n) is 4.55. The number of nitrogens with one attached hydrogen (secondary N) is 1. The SMILES string of the molecule is CCC(=CCNC(C)C(=O)N1CCCC1)C(=O)O. The molecule has 0 bridgehead atoms. The predicted molar refractivity (Wildman–Crippen MR) is 69.3 cm³/mol. The van der Waals surface area contributed by atoms with Crippen LogP contribution in [0, 0.1) is 0 Å². The summed E-state index contributed by atoms with van der Waals surface area (Å²) in [6, 6.07) is -0.258. The van der Waals surface area contributed by atoms with Gasteiger partial charge >= 0.3 is 5.97 Å². The minimum Gasteiger partial charge on any atom is -0.478 e. The van der Waals surface area contributed by atoms with Crippen molar-refractivity contribution in [2.24, 2.45) is 0 Å². The summed E-state index contributed by atoms with van der Waals surface area (Å²) in [6.07, 6.45) is 4.29. The number of amides is 1. The first kappa shape index (κ1) is 14.7. The van der Waals surface area contributed by atoms with E-state index in [1.165, 1.54) is 0 Å². The first-order chi connectivity index (χ1) is 8.56. The second-order valence-corrected chi connectivity index (χ2v) is 4.55. The summed E-state index contributed by atoms with van der Waals surface area (Å²) in [7, 11) is 0. The van der Waals surface area contributed by atoms with E-state index in [1.54, 1.807) is 13.0 Å². The number of nitrogens with zero attached hydrogens (tertiary/aromatic N) is 1. The Morgan fingerprint density at radius 3 is 2.50 bits per heavy atom. The van der Waals surface area contributed by atoms with Gasteiger partial charge < -0.3 is 15.3 Å². The molecule has 1 rings (SSSR count). The Morgan fingerprint density at radius 2 is 2.00 bits per heavy atom. The van der Waals surface area contributed by atoms with Crippen LogP contribution in [0.3, 0.4) is 0 Å². The lowest BCUT2D eigenvalue weighted by Crippen LogP contribution is -2.43. The van der Waals surface area contributed by atoms with Gasteiger partial charge in [0, 0.05) is 25.2 Å². The average molecular weight is 254 g/mol. The van der Waals surface area contributed by atoms with E-state index in [0.717, 1.165) is 25.9 Å². The van der Waals surface area contributed by atoms with Crippen LogP contribution in [-0.2, 0) is 9.59 Å². The van der Waals surface area contributed by atoms with Gasteiger partial charge in [-0.1, -0.05) is 13.0 Å². The largest absolute Gasteiger partial charge is 0.478 e. The Labute approximate surface area is 108 Å². The molecule has 18 heavy (non-hydrogen) atoms. The fourth-order valence-electron chi connectivity index (χ4n) is 2.04. The fraction of sp³-hybridized carbons (Fsp3) is 0.692. The van der Waals surface area contributed by atoms with Crippen LogP contribution in [0.2, 0.25) is 0 Å². The molecule has 1 amide bonds. The van der Waals surface area contributed by atoms with E-state index < -0.39 is 5.97 Å². The molecular formula is C13H22N2O3. The second kappa shape index (κ2) is 7.16. The molecule has 1 fully saturated rings. The highest BCUT2D eigenvalue weighted by atomic mass is 16.4. The van der Waals surface area contributed by atoms with E-state index in [9.17, 15) is 9.59 Å². The molecule has 1 saturated heterocycles. The third-order valence-electron chi connectivity index (χ3n) is 3.22. The van der Waals surface area contributed by atoms with Crippen molar-refractivity contribution in [3.8, 4) is 0 Å². The molecule has 0 spiro atoms. The molecule has 0 aliphatic carbocycles.